The van der Waals surface area contributed by atoms with Gasteiger partial charge < -0.3 is 24.2 Å². The normalized spacial score (nSPS) is 17.5. The number of hydrogen-bond donors (Lipinski definition) is 1. The van der Waals surface area contributed by atoms with E-state index in [4.69, 9.17) is 25.8 Å². The Hall–Kier alpha value is -3.03. The second-order valence-corrected chi connectivity index (χ2v) is 8.56. The Kier molecular flexibility index (Phi) is 8.58. The molecule has 182 valence electrons. The first-order chi connectivity index (χ1) is 16.3. The van der Waals surface area contributed by atoms with Crippen LogP contribution in [0.1, 0.15) is 44.4 Å². The van der Waals surface area contributed by atoms with E-state index in [9.17, 15) is 14.7 Å². The van der Waals surface area contributed by atoms with Crippen molar-refractivity contribution in [2.45, 2.75) is 39.3 Å². The number of carbonyl (C=O) groups excluding carboxylic acids is 2. The van der Waals surface area contributed by atoms with Gasteiger partial charge in [-0.15, -0.1) is 0 Å². The Labute approximate surface area is 204 Å². The Bertz CT molecular complexity index is 1080. The SMILES string of the molecule is CCOc1cc(/C(O)=C2/C(=O)C(=O)N(CCCOC)C2c2cccc(OC(C)C)c2)ccc1Cl. The average Bonchev–Trinajstić information content (AvgIpc) is 3.05. The van der Waals surface area contributed by atoms with Gasteiger partial charge in [-0.2, -0.15) is 0 Å². The second-order valence-electron chi connectivity index (χ2n) is 8.16. The third-order valence-corrected chi connectivity index (χ3v) is 5.65. The third kappa shape index (κ3) is 5.54. The lowest BCUT2D eigenvalue weighted by Gasteiger charge is -2.26. The number of ketones is 1. The maximum Gasteiger partial charge on any atom is 0.295 e. The molecule has 2 aromatic carbocycles. The van der Waals surface area contributed by atoms with Crippen LogP contribution in [-0.4, -0.2) is 54.7 Å². The van der Waals surface area contributed by atoms with Crippen molar-refractivity contribution < 1.29 is 28.9 Å². The fraction of sp³-hybridized carbons (Fsp3) is 0.385. The van der Waals surface area contributed by atoms with Crippen LogP contribution in [0.2, 0.25) is 5.02 Å². The average molecular weight is 488 g/mol. The standard InChI is InChI=1S/C26H30ClNO6/c1-5-33-21-15-18(10-11-20(21)27)24(29)22-23(17-8-6-9-19(14-17)34-16(2)3)28(12-7-13-32-4)26(31)25(22)30/h6,8-11,14-16,23,29H,5,7,12-13H2,1-4H3/b24-22-. The van der Waals surface area contributed by atoms with Crippen molar-refractivity contribution >= 4 is 29.1 Å². The van der Waals surface area contributed by atoms with Gasteiger partial charge in [-0.05, 0) is 63.1 Å². The summed E-state index contributed by atoms with van der Waals surface area (Å²) in [6, 6.07) is 11.2. The highest BCUT2D eigenvalue weighted by atomic mass is 35.5. The highest BCUT2D eigenvalue weighted by molar-refractivity contribution is 6.46. The van der Waals surface area contributed by atoms with Gasteiger partial charge in [0, 0.05) is 25.8 Å². The molecule has 1 atom stereocenters. The number of likely N-dealkylation sites (tertiary alicyclic amines) is 1. The zero-order valence-electron chi connectivity index (χ0n) is 19.8. The van der Waals surface area contributed by atoms with Gasteiger partial charge in [0.1, 0.15) is 17.3 Å². The summed E-state index contributed by atoms with van der Waals surface area (Å²) in [5, 5.41) is 11.6. The molecule has 1 aliphatic rings. The predicted octanol–water partition coefficient (Wildman–Crippen LogP) is 4.98. The van der Waals surface area contributed by atoms with Crippen LogP contribution in [-0.2, 0) is 14.3 Å². The fourth-order valence-corrected chi connectivity index (χ4v) is 4.11. The summed E-state index contributed by atoms with van der Waals surface area (Å²) >= 11 is 6.19. The molecule has 0 saturated carbocycles. The zero-order valence-corrected chi connectivity index (χ0v) is 20.6. The van der Waals surface area contributed by atoms with Gasteiger partial charge in [0.15, 0.2) is 0 Å². The van der Waals surface area contributed by atoms with Gasteiger partial charge in [-0.3, -0.25) is 9.59 Å². The van der Waals surface area contributed by atoms with E-state index in [2.05, 4.69) is 0 Å². The number of rotatable bonds is 10. The minimum absolute atomic E-state index is 0.00823. The summed E-state index contributed by atoms with van der Waals surface area (Å²) in [6.07, 6.45) is 0.492. The van der Waals surface area contributed by atoms with E-state index in [0.29, 0.717) is 53.8 Å². The monoisotopic (exact) mass is 487 g/mol. The minimum atomic E-state index is -0.779. The van der Waals surface area contributed by atoms with E-state index in [1.165, 1.54) is 4.90 Å². The van der Waals surface area contributed by atoms with Crippen LogP contribution in [0, 0.1) is 0 Å². The van der Waals surface area contributed by atoms with E-state index >= 15 is 0 Å². The molecule has 0 spiro atoms. The van der Waals surface area contributed by atoms with Crippen molar-refractivity contribution in [3.8, 4) is 11.5 Å². The van der Waals surface area contributed by atoms with Gasteiger partial charge >= 0.3 is 0 Å². The molecular weight excluding hydrogens is 458 g/mol. The summed E-state index contributed by atoms with van der Waals surface area (Å²) in [5.74, 6) is -0.711. The van der Waals surface area contributed by atoms with E-state index in [-0.39, 0.29) is 17.4 Å². The summed E-state index contributed by atoms with van der Waals surface area (Å²) < 4.78 is 16.5. The second kappa shape index (κ2) is 11.4. The molecule has 7 nitrogen and oxygen atoms in total. The van der Waals surface area contributed by atoms with E-state index in [1.54, 1.807) is 37.4 Å². The number of benzene rings is 2. The number of Topliss-reactive ketones (excluding diaryl/α,β-unsaturated/α-hetero) is 1. The van der Waals surface area contributed by atoms with E-state index < -0.39 is 17.7 Å². The molecular formula is C26H30ClNO6. The minimum Gasteiger partial charge on any atom is -0.507 e. The Morgan fingerprint density at radius 3 is 2.62 bits per heavy atom. The third-order valence-electron chi connectivity index (χ3n) is 5.34. The van der Waals surface area contributed by atoms with Crippen LogP contribution in [0.15, 0.2) is 48.0 Å². The number of aliphatic hydroxyl groups excluding tert-OH is 1. The molecule has 1 heterocycles. The molecule has 0 aromatic heterocycles. The van der Waals surface area contributed by atoms with Gasteiger partial charge in [0.05, 0.1) is 29.3 Å². The number of hydrogen-bond acceptors (Lipinski definition) is 6. The Balaban J connectivity index is 2.14. The van der Waals surface area contributed by atoms with Crippen molar-refractivity contribution in [1.29, 1.82) is 0 Å². The van der Waals surface area contributed by atoms with Crippen molar-refractivity contribution in [2.24, 2.45) is 0 Å². The number of methoxy groups -OCH3 is 1. The number of carbonyl (C=O) groups is 2. The maximum absolute atomic E-state index is 13.2. The lowest BCUT2D eigenvalue weighted by atomic mass is 9.95. The number of aliphatic hydroxyl groups is 1. The lowest BCUT2D eigenvalue weighted by Crippen LogP contribution is -2.31. The lowest BCUT2D eigenvalue weighted by molar-refractivity contribution is -0.140. The smallest absolute Gasteiger partial charge is 0.295 e. The fourth-order valence-electron chi connectivity index (χ4n) is 3.94. The molecule has 1 unspecified atom stereocenters. The van der Waals surface area contributed by atoms with Crippen LogP contribution in [0.25, 0.3) is 5.76 Å². The Morgan fingerprint density at radius 1 is 1.18 bits per heavy atom. The largest absolute Gasteiger partial charge is 0.507 e. The predicted molar refractivity (Wildman–Crippen MR) is 130 cm³/mol. The molecule has 3 rings (SSSR count). The van der Waals surface area contributed by atoms with Crippen molar-refractivity contribution in [1.82, 2.24) is 4.90 Å². The number of amides is 1. The van der Waals surface area contributed by atoms with Gasteiger partial charge in [0.2, 0.25) is 0 Å². The van der Waals surface area contributed by atoms with Gasteiger partial charge in [-0.1, -0.05) is 23.7 Å². The van der Waals surface area contributed by atoms with Crippen LogP contribution in [0.5, 0.6) is 11.5 Å². The summed E-state index contributed by atoms with van der Waals surface area (Å²) in [5.41, 5.74) is 1.01. The molecule has 0 bridgehead atoms. The van der Waals surface area contributed by atoms with Crippen LogP contribution < -0.4 is 9.47 Å². The number of halogens is 1. The van der Waals surface area contributed by atoms with Crippen LogP contribution in [0.3, 0.4) is 0 Å². The topological polar surface area (TPSA) is 85.3 Å². The first-order valence-electron chi connectivity index (χ1n) is 11.2. The highest BCUT2D eigenvalue weighted by Gasteiger charge is 2.46. The molecule has 0 radical (unpaired) electrons. The molecule has 0 aliphatic carbocycles. The molecule has 2 aromatic rings. The number of ether oxygens (including phenoxy) is 3. The quantitative estimate of drug-likeness (QED) is 0.220. The highest BCUT2D eigenvalue weighted by Crippen LogP contribution is 2.41. The molecule has 1 amide bonds. The van der Waals surface area contributed by atoms with Crippen LogP contribution in [0.4, 0.5) is 0 Å². The zero-order chi connectivity index (χ0) is 24.8. The number of nitrogens with zero attached hydrogens (tertiary/aromatic N) is 1. The van der Waals surface area contributed by atoms with Crippen molar-refractivity contribution in [3.05, 3.63) is 64.2 Å². The first kappa shape index (κ1) is 25.6. The van der Waals surface area contributed by atoms with Gasteiger partial charge in [0.25, 0.3) is 11.7 Å². The van der Waals surface area contributed by atoms with Crippen molar-refractivity contribution in [3.63, 3.8) is 0 Å². The van der Waals surface area contributed by atoms with E-state index in [1.807, 2.05) is 32.9 Å². The molecule has 1 fully saturated rings. The maximum atomic E-state index is 13.2. The Morgan fingerprint density at radius 2 is 1.94 bits per heavy atom. The molecule has 1 aliphatic heterocycles. The molecule has 8 heteroatoms. The van der Waals surface area contributed by atoms with Crippen LogP contribution >= 0.6 is 11.6 Å². The molecule has 1 N–H and O–H groups in total. The van der Waals surface area contributed by atoms with Gasteiger partial charge in [-0.25, -0.2) is 0 Å². The van der Waals surface area contributed by atoms with Crippen molar-refractivity contribution in [2.75, 3.05) is 26.9 Å². The first-order valence-corrected chi connectivity index (χ1v) is 11.6. The summed E-state index contributed by atoms with van der Waals surface area (Å²) in [6.45, 7) is 6.76. The van der Waals surface area contributed by atoms with E-state index in [0.717, 1.165) is 0 Å². The summed E-state index contributed by atoms with van der Waals surface area (Å²) in [4.78, 5) is 27.7. The summed E-state index contributed by atoms with van der Waals surface area (Å²) in [7, 11) is 1.58. The molecule has 34 heavy (non-hydrogen) atoms. The molecule has 1 saturated heterocycles.